The van der Waals surface area contributed by atoms with Gasteiger partial charge in [-0.15, -0.1) is 0 Å². The van der Waals surface area contributed by atoms with Crippen molar-refractivity contribution < 1.29 is 0 Å². The molecule has 4 nitrogen and oxygen atoms in total. The number of hydrogen-bond acceptors (Lipinski definition) is 4. The average Bonchev–Trinajstić information content (AvgIpc) is 2.24. The van der Waals surface area contributed by atoms with E-state index in [1.807, 2.05) is 7.05 Å². The van der Waals surface area contributed by atoms with Crippen LogP contribution in [0, 0.1) is 0 Å². The van der Waals surface area contributed by atoms with Crippen molar-refractivity contribution in [2.45, 2.75) is 38.1 Å². The first-order chi connectivity index (χ1) is 7.28. The molecule has 0 spiro atoms. The molecule has 0 amide bonds. The molecular formula is C11H18N4. The first-order valence-corrected chi connectivity index (χ1v) is 5.56. The van der Waals surface area contributed by atoms with E-state index in [-0.39, 0.29) is 5.54 Å². The number of hydrogen-bond donors (Lipinski definition) is 2. The molecule has 1 aromatic heterocycles. The summed E-state index contributed by atoms with van der Waals surface area (Å²) in [6, 6.07) is 0. The fraction of sp³-hybridized carbons (Fsp3) is 0.636. The van der Waals surface area contributed by atoms with E-state index in [9.17, 15) is 0 Å². The van der Waals surface area contributed by atoms with Gasteiger partial charge in [0.2, 0.25) is 0 Å². The Morgan fingerprint density at radius 2 is 2.07 bits per heavy atom. The predicted octanol–water partition coefficient (Wildman–Crippen LogP) is 2.26. The lowest BCUT2D eigenvalue weighted by atomic mass is 9.75. The molecule has 15 heavy (non-hydrogen) atoms. The molecule has 1 fully saturated rings. The summed E-state index contributed by atoms with van der Waals surface area (Å²) in [5, 5.41) is 6.50. The molecule has 1 saturated carbocycles. The van der Waals surface area contributed by atoms with E-state index in [0.717, 1.165) is 18.1 Å². The van der Waals surface area contributed by atoms with Crippen molar-refractivity contribution in [3.8, 4) is 0 Å². The molecule has 1 aromatic rings. The van der Waals surface area contributed by atoms with Gasteiger partial charge in [0.15, 0.2) is 0 Å². The van der Waals surface area contributed by atoms with E-state index in [1.54, 1.807) is 12.4 Å². The van der Waals surface area contributed by atoms with Gasteiger partial charge in [-0.1, -0.05) is 6.92 Å². The molecule has 1 heterocycles. The van der Waals surface area contributed by atoms with E-state index in [1.165, 1.54) is 19.3 Å². The third kappa shape index (κ3) is 2.03. The molecule has 2 rings (SSSR count). The maximum atomic E-state index is 4.42. The van der Waals surface area contributed by atoms with Crippen molar-refractivity contribution in [1.82, 2.24) is 9.97 Å². The van der Waals surface area contributed by atoms with Gasteiger partial charge in [0.25, 0.3) is 0 Å². The zero-order valence-electron chi connectivity index (χ0n) is 9.38. The SMILES string of the molecule is CCC1(Nc2cncc(NC)n2)CCC1. The summed E-state index contributed by atoms with van der Waals surface area (Å²) < 4.78 is 0. The normalized spacial score (nSPS) is 18.0. The van der Waals surface area contributed by atoms with E-state index in [0.29, 0.717) is 0 Å². The molecule has 0 aromatic carbocycles. The van der Waals surface area contributed by atoms with Crippen LogP contribution < -0.4 is 10.6 Å². The van der Waals surface area contributed by atoms with Crippen molar-refractivity contribution in [3.63, 3.8) is 0 Å². The number of aromatic nitrogens is 2. The van der Waals surface area contributed by atoms with E-state index in [4.69, 9.17) is 0 Å². The lowest BCUT2D eigenvalue weighted by Crippen LogP contribution is -2.44. The number of nitrogens with one attached hydrogen (secondary N) is 2. The lowest BCUT2D eigenvalue weighted by Gasteiger charge is -2.42. The highest BCUT2D eigenvalue weighted by atomic mass is 15.1. The van der Waals surface area contributed by atoms with E-state index < -0.39 is 0 Å². The van der Waals surface area contributed by atoms with Crippen LogP contribution in [0.4, 0.5) is 11.6 Å². The summed E-state index contributed by atoms with van der Waals surface area (Å²) in [5.41, 5.74) is 0.279. The van der Waals surface area contributed by atoms with Gasteiger partial charge in [-0.25, -0.2) is 4.98 Å². The van der Waals surface area contributed by atoms with Crippen molar-refractivity contribution in [3.05, 3.63) is 12.4 Å². The van der Waals surface area contributed by atoms with Crippen LogP contribution in [0.25, 0.3) is 0 Å². The fourth-order valence-electron chi connectivity index (χ4n) is 1.99. The first kappa shape index (κ1) is 10.2. The number of rotatable bonds is 4. The lowest BCUT2D eigenvalue weighted by molar-refractivity contribution is 0.269. The van der Waals surface area contributed by atoms with Crippen molar-refractivity contribution in [1.29, 1.82) is 0 Å². The quantitative estimate of drug-likeness (QED) is 0.793. The highest BCUT2D eigenvalue weighted by molar-refractivity contribution is 5.43. The monoisotopic (exact) mass is 206 g/mol. The largest absolute Gasteiger partial charge is 0.372 e. The number of anilines is 2. The minimum Gasteiger partial charge on any atom is -0.372 e. The van der Waals surface area contributed by atoms with Crippen molar-refractivity contribution in [2.24, 2.45) is 0 Å². The molecule has 0 bridgehead atoms. The summed E-state index contributed by atoms with van der Waals surface area (Å²) in [4.78, 5) is 8.57. The highest BCUT2D eigenvalue weighted by Crippen LogP contribution is 2.37. The molecule has 0 radical (unpaired) electrons. The van der Waals surface area contributed by atoms with Crippen LogP contribution in [0.3, 0.4) is 0 Å². The minimum absolute atomic E-state index is 0.279. The molecule has 0 aliphatic heterocycles. The molecule has 0 saturated heterocycles. The average molecular weight is 206 g/mol. The summed E-state index contributed by atoms with van der Waals surface area (Å²) in [5.74, 6) is 1.69. The molecule has 1 aliphatic carbocycles. The van der Waals surface area contributed by atoms with Gasteiger partial charge in [0.1, 0.15) is 11.6 Å². The smallest absolute Gasteiger partial charge is 0.147 e. The van der Waals surface area contributed by atoms with Crippen LogP contribution in [-0.4, -0.2) is 22.6 Å². The molecule has 0 atom stereocenters. The third-order valence-electron chi connectivity index (χ3n) is 3.27. The van der Waals surface area contributed by atoms with Gasteiger partial charge in [-0.2, -0.15) is 0 Å². The summed E-state index contributed by atoms with van der Waals surface area (Å²) in [7, 11) is 1.85. The minimum atomic E-state index is 0.279. The summed E-state index contributed by atoms with van der Waals surface area (Å²) in [6.07, 6.45) is 8.48. The zero-order valence-corrected chi connectivity index (χ0v) is 9.38. The molecule has 2 N–H and O–H groups in total. The maximum absolute atomic E-state index is 4.42. The Kier molecular flexibility index (Phi) is 2.75. The van der Waals surface area contributed by atoms with Crippen LogP contribution in [0.5, 0.6) is 0 Å². The maximum Gasteiger partial charge on any atom is 0.147 e. The van der Waals surface area contributed by atoms with Crippen LogP contribution in [0.2, 0.25) is 0 Å². The van der Waals surface area contributed by atoms with Gasteiger partial charge in [0.05, 0.1) is 12.4 Å². The first-order valence-electron chi connectivity index (χ1n) is 5.56. The Balaban J connectivity index is 2.09. The van der Waals surface area contributed by atoms with Crippen molar-refractivity contribution in [2.75, 3.05) is 17.7 Å². The van der Waals surface area contributed by atoms with Gasteiger partial charge >= 0.3 is 0 Å². The van der Waals surface area contributed by atoms with Crippen molar-refractivity contribution >= 4 is 11.6 Å². The predicted molar refractivity (Wildman–Crippen MR) is 62.1 cm³/mol. The van der Waals surface area contributed by atoms with Crippen LogP contribution >= 0.6 is 0 Å². The molecule has 82 valence electrons. The van der Waals surface area contributed by atoms with Gasteiger partial charge in [0, 0.05) is 12.6 Å². The van der Waals surface area contributed by atoms with Gasteiger partial charge in [-0.3, -0.25) is 4.98 Å². The van der Waals surface area contributed by atoms with E-state index >= 15 is 0 Å². The highest BCUT2D eigenvalue weighted by Gasteiger charge is 2.35. The van der Waals surface area contributed by atoms with Gasteiger partial charge < -0.3 is 10.6 Å². The number of nitrogens with zero attached hydrogens (tertiary/aromatic N) is 2. The zero-order chi connectivity index (χ0) is 10.7. The molecule has 1 aliphatic rings. The topological polar surface area (TPSA) is 49.8 Å². The Labute approximate surface area is 90.5 Å². The van der Waals surface area contributed by atoms with E-state index in [2.05, 4.69) is 27.5 Å². The Morgan fingerprint density at radius 1 is 1.33 bits per heavy atom. The van der Waals surface area contributed by atoms with Crippen LogP contribution in [-0.2, 0) is 0 Å². The Hall–Kier alpha value is -1.32. The Morgan fingerprint density at radius 3 is 2.60 bits per heavy atom. The molecular weight excluding hydrogens is 188 g/mol. The van der Waals surface area contributed by atoms with Gasteiger partial charge in [-0.05, 0) is 25.7 Å². The fourth-order valence-corrected chi connectivity index (χ4v) is 1.99. The second kappa shape index (κ2) is 4.04. The molecule has 0 unspecified atom stereocenters. The van der Waals surface area contributed by atoms with Crippen LogP contribution in [0.15, 0.2) is 12.4 Å². The summed E-state index contributed by atoms with van der Waals surface area (Å²) in [6.45, 7) is 2.22. The summed E-state index contributed by atoms with van der Waals surface area (Å²) >= 11 is 0. The second-order valence-electron chi connectivity index (χ2n) is 4.15. The molecule has 4 heteroatoms. The second-order valence-corrected chi connectivity index (χ2v) is 4.15. The Bertz CT molecular complexity index is 328. The van der Waals surface area contributed by atoms with Crippen LogP contribution in [0.1, 0.15) is 32.6 Å². The third-order valence-corrected chi connectivity index (χ3v) is 3.27. The standard InChI is InChI=1S/C11H18N4/c1-3-11(5-4-6-11)15-10-8-13-7-9(12-2)14-10/h7-8H,3-6H2,1-2H3,(H2,12,14,15).